The average molecular weight is 308 g/mol. The van der Waals surface area contributed by atoms with E-state index in [4.69, 9.17) is 4.52 Å². The van der Waals surface area contributed by atoms with Gasteiger partial charge in [-0.3, -0.25) is 9.69 Å². The molecule has 1 N–H and O–H groups in total. The molecular weight excluding hydrogens is 284 g/mol. The van der Waals surface area contributed by atoms with Gasteiger partial charge in [-0.1, -0.05) is 5.16 Å². The fraction of sp³-hybridized carbons (Fsp3) is 0.800. The summed E-state index contributed by atoms with van der Waals surface area (Å²) in [5.41, 5.74) is -0.987. The van der Waals surface area contributed by atoms with Crippen LogP contribution in [0.4, 0.5) is 0 Å². The van der Waals surface area contributed by atoms with Crippen molar-refractivity contribution in [3.8, 4) is 0 Å². The Morgan fingerprint density at radius 3 is 2.77 bits per heavy atom. The van der Waals surface area contributed by atoms with Crippen LogP contribution >= 0.6 is 0 Å². The summed E-state index contributed by atoms with van der Waals surface area (Å²) in [6, 6.07) is -0.0699. The van der Waals surface area contributed by atoms with Gasteiger partial charge in [0.2, 0.25) is 11.8 Å². The van der Waals surface area contributed by atoms with Crippen LogP contribution in [0.25, 0.3) is 0 Å². The lowest BCUT2D eigenvalue weighted by Gasteiger charge is -2.38. The van der Waals surface area contributed by atoms with Gasteiger partial charge in [-0.25, -0.2) is 0 Å². The molecule has 122 valence electrons. The molecule has 7 nitrogen and oxygen atoms in total. The number of hydrogen-bond acceptors (Lipinski definition) is 6. The Labute approximate surface area is 130 Å². The van der Waals surface area contributed by atoms with Crippen molar-refractivity contribution in [1.82, 2.24) is 19.9 Å². The van der Waals surface area contributed by atoms with Crippen LogP contribution in [0.5, 0.6) is 0 Å². The Balaban J connectivity index is 1.68. The first-order chi connectivity index (χ1) is 10.3. The Morgan fingerprint density at radius 1 is 1.41 bits per heavy atom. The summed E-state index contributed by atoms with van der Waals surface area (Å²) in [5, 5.41) is 13.9. The van der Waals surface area contributed by atoms with Crippen molar-refractivity contribution in [1.29, 1.82) is 0 Å². The first-order valence-corrected chi connectivity index (χ1v) is 7.87. The van der Waals surface area contributed by atoms with Crippen LogP contribution < -0.4 is 0 Å². The minimum absolute atomic E-state index is 0.0347. The summed E-state index contributed by atoms with van der Waals surface area (Å²) in [6.45, 7) is 5.24. The number of carbonyl (C=O) groups excluding carboxylic acids is 1. The van der Waals surface area contributed by atoms with E-state index in [2.05, 4.69) is 15.0 Å². The number of rotatable bonds is 4. The van der Waals surface area contributed by atoms with Crippen LogP contribution in [-0.4, -0.2) is 63.2 Å². The van der Waals surface area contributed by atoms with Gasteiger partial charge in [0.05, 0.1) is 12.0 Å². The Bertz CT molecular complexity index is 547. The van der Waals surface area contributed by atoms with Crippen molar-refractivity contribution in [2.24, 2.45) is 0 Å². The van der Waals surface area contributed by atoms with E-state index in [1.165, 1.54) is 0 Å². The van der Waals surface area contributed by atoms with Crippen LogP contribution in [0.15, 0.2) is 4.52 Å². The summed E-state index contributed by atoms with van der Waals surface area (Å²) in [6.07, 6.45) is 2.39. The smallest absolute Gasteiger partial charge is 0.245 e. The zero-order valence-corrected chi connectivity index (χ0v) is 13.4. The van der Waals surface area contributed by atoms with Gasteiger partial charge in [-0.15, -0.1) is 0 Å². The van der Waals surface area contributed by atoms with Gasteiger partial charge >= 0.3 is 0 Å². The number of amides is 1. The summed E-state index contributed by atoms with van der Waals surface area (Å²) >= 11 is 0. The minimum atomic E-state index is -0.987. The molecule has 1 amide bonds. The number of nitrogens with zero attached hydrogens (tertiary/aromatic N) is 4. The van der Waals surface area contributed by atoms with Crippen molar-refractivity contribution >= 4 is 5.91 Å². The molecule has 2 heterocycles. The average Bonchev–Trinajstić information content (AvgIpc) is 3.16. The summed E-state index contributed by atoms with van der Waals surface area (Å²) in [5.74, 6) is 1.81. The molecule has 7 heteroatoms. The van der Waals surface area contributed by atoms with Crippen LogP contribution in [0.3, 0.4) is 0 Å². The Kier molecular flexibility index (Phi) is 3.94. The van der Waals surface area contributed by atoms with E-state index >= 15 is 0 Å². The van der Waals surface area contributed by atoms with Gasteiger partial charge in [0, 0.05) is 25.6 Å². The number of carbonyl (C=O) groups is 1. The van der Waals surface area contributed by atoms with Crippen molar-refractivity contribution in [2.75, 3.05) is 26.7 Å². The van der Waals surface area contributed by atoms with Gasteiger partial charge in [0.25, 0.3) is 0 Å². The molecular formula is C15H24N4O3. The number of piperazine rings is 1. The van der Waals surface area contributed by atoms with Gasteiger partial charge in [-0.2, -0.15) is 4.98 Å². The fourth-order valence-corrected chi connectivity index (χ4v) is 2.74. The third-order valence-corrected chi connectivity index (χ3v) is 4.27. The first-order valence-electron chi connectivity index (χ1n) is 7.87. The molecule has 1 saturated heterocycles. The van der Waals surface area contributed by atoms with Crippen LogP contribution in [0, 0.1) is 0 Å². The summed E-state index contributed by atoms with van der Waals surface area (Å²) in [4.78, 5) is 20.7. The highest BCUT2D eigenvalue weighted by Crippen LogP contribution is 2.38. The number of likely N-dealkylation sites (N-methyl/N-ethyl adjacent to an activating group) is 1. The molecule has 1 aliphatic carbocycles. The maximum atomic E-state index is 12.3. The summed E-state index contributed by atoms with van der Waals surface area (Å²) in [7, 11) is 2.00. The molecule has 2 fully saturated rings. The normalized spacial score (nSPS) is 23.8. The molecule has 2 aliphatic rings. The third kappa shape index (κ3) is 3.47. The standard InChI is InChI=1S/C15H24N4O3/c1-15(2,21)8-12(20)19-7-6-18(3)11(9-19)14-16-13(17-22-14)10-4-5-10/h10-11,21H,4-9H2,1-3H3. The van der Waals surface area contributed by atoms with Crippen molar-refractivity contribution in [2.45, 2.75) is 50.7 Å². The molecule has 22 heavy (non-hydrogen) atoms. The summed E-state index contributed by atoms with van der Waals surface area (Å²) < 4.78 is 5.41. The van der Waals surface area contributed by atoms with Gasteiger partial charge in [0.1, 0.15) is 6.04 Å². The largest absolute Gasteiger partial charge is 0.390 e. The lowest BCUT2D eigenvalue weighted by Crippen LogP contribution is -2.50. The van der Waals surface area contributed by atoms with Gasteiger partial charge in [-0.05, 0) is 33.7 Å². The first kappa shape index (κ1) is 15.4. The molecule has 0 bridgehead atoms. The monoisotopic (exact) mass is 308 g/mol. The van der Waals surface area contributed by atoms with E-state index < -0.39 is 5.60 Å². The van der Waals surface area contributed by atoms with Gasteiger partial charge in [0.15, 0.2) is 5.82 Å². The van der Waals surface area contributed by atoms with Crippen LogP contribution in [0.1, 0.15) is 56.8 Å². The Morgan fingerprint density at radius 2 is 2.14 bits per heavy atom. The fourth-order valence-electron chi connectivity index (χ4n) is 2.74. The van der Waals surface area contributed by atoms with Crippen molar-refractivity contribution in [3.05, 3.63) is 11.7 Å². The second-order valence-electron chi connectivity index (χ2n) is 7.09. The molecule has 1 aliphatic heterocycles. The molecule has 0 radical (unpaired) electrons. The highest BCUT2D eigenvalue weighted by atomic mass is 16.5. The SMILES string of the molecule is CN1CCN(C(=O)CC(C)(C)O)CC1c1nc(C2CC2)no1. The molecule has 0 aromatic carbocycles. The van der Waals surface area contributed by atoms with Crippen LogP contribution in [0.2, 0.25) is 0 Å². The molecule has 1 aromatic rings. The van der Waals surface area contributed by atoms with Crippen LogP contribution in [-0.2, 0) is 4.79 Å². The number of aromatic nitrogens is 2. The second kappa shape index (κ2) is 5.62. The lowest BCUT2D eigenvalue weighted by atomic mass is 10.0. The highest BCUT2D eigenvalue weighted by molar-refractivity contribution is 5.77. The minimum Gasteiger partial charge on any atom is -0.390 e. The molecule has 1 atom stereocenters. The molecule has 1 saturated carbocycles. The molecule has 1 aromatic heterocycles. The molecule has 1 unspecified atom stereocenters. The van der Waals surface area contributed by atoms with Crippen molar-refractivity contribution < 1.29 is 14.4 Å². The second-order valence-corrected chi connectivity index (χ2v) is 7.09. The van der Waals surface area contributed by atoms with E-state index in [-0.39, 0.29) is 18.4 Å². The molecule has 3 rings (SSSR count). The number of hydrogen-bond donors (Lipinski definition) is 1. The zero-order chi connectivity index (χ0) is 15.9. The van der Waals surface area contributed by atoms with E-state index in [1.54, 1.807) is 18.7 Å². The maximum absolute atomic E-state index is 12.3. The highest BCUT2D eigenvalue weighted by Gasteiger charge is 2.35. The predicted octanol–water partition coefficient (Wildman–Crippen LogP) is 0.923. The molecule has 0 spiro atoms. The van der Waals surface area contributed by atoms with Gasteiger partial charge < -0.3 is 14.5 Å². The number of aliphatic hydroxyl groups is 1. The van der Waals surface area contributed by atoms with E-state index in [1.807, 2.05) is 7.05 Å². The third-order valence-electron chi connectivity index (χ3n) is 4.27. The van der Waals surface area contributed by atoms with E-state index in [9.17, 15) is 9.90 Å². The quantitative estimate of drug-likeness (QED) is 0.891. The topological polar surface area (TPSA) is 82.7 Å². The zero-order valence-electron chi connectivity index (χ0n) is 13.4. The predicted molar refractivity (Wildman–Crippen MR) is 79.1 cm³/mol. The maximum Gasteiger partial charge on any atom is 0.245 e. The Hall–Kier alpha value is -1.47. The van der Waals surface area contributed by atoms with Crippen molar-refractivity contribution in [3.63, 3.8) is 0 Å². The van der Waals surface area contributed by atoms with E-state index in [0.29, 0.717) is 24.9 Å². The lowest BCUT2D eigenvalue weighted by molar-refractivity contribution is -0.138. The van der Waals surface area contributed by atoms with E-state index in [0.717, 1.165) is 25.2 Å².